The molecule has 0 aliphatic rings. The van der Waals surface area contributed by atoms with E-state index in [0.29, 0.717) is 16.5 Å². The molecule has 36 heavy (non-hydrogen) atoms. The molecule has 0 spiro atoms. The van der Waals surface area contributed by atoms with Crippen molar-refractivity contribution >= 4 is 33.2 Å². The van der Waals surface area contributed by atoms with Crippen LogP contribution in [0, 0.1) is 6.92 Å². The molecule has 1 atom stereocenters. The quantitative estimate of drug-likeness (QED) is 0.405. The van der Waals surface area contributed by atoms with Gasteiger partial charge in [0.25, 0.3) is 10.0 Å². The lowest BCUT2D eigenvalue weighted by Crippen LogP contribution is -2.41. The standard InChI is InChI=1S/C26H29ClN2O6S/c1-17-6-10-21(11-7-17)36(31,32)29(22-15-20(27)9-13-23(22)33-3)16-26(30)28-18(2)19-8-12-24(34-4)25(14-19)35-5/h6-15,18H,16H2,1-5H3,(H,28,30)/t18-/m1/s1. The highest BCUT2D eigenvalue weighted by Crippen LogP contribution is 2.35. The number of hydrogen-bond donors (Lipinski definition) is 1. The molecule has 0 saturated heterocycles. The molecular formula is C26H29ClN2O6S. The lowest BCUT2D eigenvalue weighted by Gasteiger charge is -2.26. The molecule has 0 aromatic heterocycles. The zero-order valence-electron chi connectivity index (χ0n) is 20.7. The molecule has 0 saturated carbocycles. The van der Waals surface area contributed by atoms with Gasteiger partial charge in [0.1, 0.15) is 12.3 Å². The van der Waals surface area contributed by atoms with Gasteiger partial charge in [-0.2, -0.15) is 0 Å². The predicted molar refractivity (Wildman–Crippen MR) is 140 cm³/mol. The molecule has 0 bridgehead atoms. The highest BCUT2D eigenvalue weighted by atomic mass is 35.5. The summed E-state index contributed by atoms with van der Waals surface area (Å²) >= 11 is 6.19. The Morgan fingerprint density at radius 1 is 0.917 bits per heavy atom. The van der Waals surface area contributed by atoms with E-state index in [-0.39, 0.29) is 16.3 Å². The van der Waals surface area contributed by atoms with Crippen molar-refractivity contribution < 1.29 is 27.4 Å². The summed E-state index contributed by atoms with van der Waals surface area (Å²) in [5.41, 5.74) is 1.82. The molecule has 0 heterocycles. The molecule has 3 aromatic carbocycles. The lowest BCUT2D eigenvalue weighted by atomic mass is 10.1. The van der Waals surface area contributed by atoms with Crippen LogP contribution in [0.4, 0.5) is 5.69 Å². The summed E-state index contributed by atoms with van der Waals surface area (Å²) in [5.74, 6) is 0.817. The van der Waals surface area contributed by atoms with Gasteiger partial charge in [-0.15, -0.1) is 0 Å². The molecule has 3 aromatic rings. The number of ether oxygens (including phenoxy) is 3. The topological polar surface area (TPSA) is 94.2 Å². The highest BCUT2D eigenvalue weighted by molar-refractivity contribution is 7.92. The maximum absolute atomic E-state index is 13.7. The minimum absolute atomic E-state index is 0.0378. The largest absolute Gasteiger partial charge is 0.495 e. The molecule has 192 valence electrons. The maximum atomic E-state index is 13.7. The molecular weight excluding hydrogens is 504 g/mol. The van der Waals surface area contributed by atoms with Gasteiger partial charge >= 0.3 is 0 Å². The normalized spacial score (nSPS) is 11.9. The second kappa shape index (κ2) is 11.5. The van der Waals surface area contributed by atoms with E-state index in [9.17, 15) is 13.2 Å². The van der Waals surface area contributed by atoms with Gasteiger partial charge < -0.3 is 19.5 Å². The molecule has 0 fully saturated rings. The number of amides is 1. The minimum atomic E-state index is -4.14. The molecule has 0 aliphatic heterocycles. The number of nitrogens with one attached hydrogen (secondary N) is 1. The van der Waals surface area contributed by atoms with Gasteiger partial charge in [0.05, 0.1) is 38.0 Å². The Morgan fingerprint density at radius 2 is 1.53 bits per heavy atom. The number of hydrogen-bond acceptors (Lipinski definition) is 6. The fraction of sp³-hybridized carbons (Fsp3) is 0.269. The number of methoxy groups -OCH3 is 3. The van der Waals surface area contributed by atoms with Crippen molar-refractivity contribution in [2.75, 3.05) is 32.2 Å². The smallest absolute Gasteiger partial charge is 0.264 e. The molecule has 1 N–H and O–H groups in total. The zero-order valence-corrected chi connectivity index (χ0v) is 22.3. The van der Waals surface area contributed by atoms with Crippen LogP contribution < -0.4 is 23.8 Å². The van der Waals surface area contributed by atoms with E-state index in [1.54, 1.807) is 49.4 Å². The molecule has 0 radical (unpaired) electrons. The van der Waals surface area contributed by atoms with E-state index in [2.05, 4.69) is 5.32 Å². The van der Waals surface area contributed by atoms with Gasteiger partial charge in [-0.05, 0) is 61.9 Å². The molecule has 0 unspecified atom stereocenters. The van der Waals surface area contributed by atoms with Crippen molar-refractivity contribution in [2.45, 2.75) is 24.8 Å². The number of sulfonamides is 1. The Kier molecular flexibility index (Phi) is 8.70. The third-order valence-electron chi connectivity index (χ3n) is 5.59. The summed E-state index contributed by atoms with van der Waals surface area (Å²) < 4.78 is 44.4. The van der Waals surface area contributed by atoms with E-state index < -0.39 is 28.5 Å². The minimum Gasteiger partial charge on any atom is -0.495 e. The van der Waals surface area contributed by atoms with Crippen LogP contribution in [-0.4, -0.2) is 42.2 Å². The molecule has 3 rings (SSSR count). The molecule has 0 aliphatic carbocycles. The van der Waals surface area contributed by atoms with Crippen LogP contribution in [0.5, 0.6) is 17.2 Å². The van der Waals surface area contributed by atoms with E-state index in [0.717, 1.165) is 15.4 Å². The van der Waals surface area contributed by atoms with Gasteiger partial charge in [-0.25, -0.2) is 8.42 Å². The Morgan fingerprint density at radius 3 is 2.14 bits per heavy atom. The fourth-order valence-electron chi connectivity index (χ4n) is 3.62. The number of carbonyl (C=O) groups excluding carboxylic acids is 1. The summed E-state index contributed by atoms with van der Waals surface area (Å²) in [6, 6.07) is 15.8. The monoisotopic (exact) mass is 532 g/mol. The average molecular weight is 533 g/mol. The van der Waals surface area contributed by atoms with Crippen molar-refractivity contribution in [2.24, 2.45) is 0 Å². The lowest BCUT2D eigenvalue weighted by molar-refractivity contribution is -0.120. The average Bonchev–Trinajstić information content (AvgIpc) is 2.86. The molecule has 8 nitrogen and oxygen atoms in total. The number of rotatable bonds is 10. The summed E-state index contributed by atoms with van der Waals surface area (Å²) in [7, 11) is 0.344. The highest BCUT2D eigenvalue weighted by Gasteiger charge is 2.30. The van der Waals surface area contributed by atoms with Crippen molar-refractivity contribution in [3.8, 4) is 17.2 Å². The number of halogens is 1. The van der Waals surface area contributed by atoms with Crippen LogP contribution in [0.15, 0.2) is 65.6 Å². The summed E-state index contributed by atoms with van der Waals surface area (Å²) in [4.78, 5) is 13.2. The summed E-state index contributed by atoms with van der Waals surface area (Å²) in [6.07, 6.45) is 0. The number of aryl methyl sites for hydroxylation is 1. The third-order valence-corrected chi connectivity index (χ3v) is 7.60. The van der Waals surface area contributed by atoms with E-state index in [1.807, 2.05) is 6.92 Å². The molecule has 10 heteroatoms. The van der Waals surface area contributed by atoms with Crippen LogP contribution in [0.3, 0.4) is 0 Å². The van der Waals surface area contributed by atoms with Gasteiger partial charge in [-0.1, -0.05) is 35.4 Å². The van der Waals surface area contributed by atoms with E-state index >= 15 is 0 Å². The van der Waals surface area contributed by atoms with Crippen molar-refractivity contribution in [3.63, 3.8) is 0 Å². The first-order valence-electron chi connectivity index (χ1n) is 11.0. The fourth-order valence-corrected chi connectivity index (χ4v) is 5.21. The van der Waals surface area contributed by atoms with Crippen molar-refractivity contribution in [3.05, 3.63) is 76.8 Å². The summed E-state index contributed by atoms with van der Waals surface area (Å²) in [6.45, 7) is 3.15. The number of nitrogens with zero attached hydrogens (tertiary/aromatic N) is 1. The number of anilines is 1. The van der Waals surface area contributed by atoms with Crippen LogP contribution in [0.2, 0.25) is 5.02 Å². The van der Waals surface area contributed by atoms with Gasteiger partial charge in [0, 0.05) is 5.02 Å². The van der Waals surface area contributed by atoms with E-state index in [1.165, 1.54) is 39.5 Å². The van der Waals surface area contributed by atoms with Crippen LogP contribution in [-0.2, 0) is 14.8 Å². The first-order valence-corrected chi connectivity index (χ1v) is 12.9. The Hall–Kier alpha value is -3.43. The first-order chi connectivity index (χ1) is 17.1. The SMILES string of the molecule is COc1ccc([C@@H](C)NC(=O)CN(c2cc(Cl)ccc2OC)S(=O)(=O)c2ccc(C)cc2)cc1OC. The second-order valence-corrected chi connectivity index (χ2v) is 10.3. The third kappa shape index (κ3) is 6.03. The number of carbonyl (C=O) groups is 1. The zero-order chi connectivity index (χ0) is 26.5. The van der Waals surface area contributed by atoms with Crippen LogP contribution in [0.25, 0.3) is 0 Å². The van der Waals surface area contributed by atoms with Gasteiger partial charge in [0.15, 0.2) is 11.5 Å². The number of benzene rings is 3. The van der Waals surface area contributed by atoms with Gasteiger partial charge in [0.2, 0.25) is 5.91 Å². The maximum Gasteiger partial charge on any atom is 0.264 e. The Bertz CT molecular complexity index is 1330. The van der Waals surface area contributed by atoms with Crippen LogP contribution >= 0.6 is 11.6 Å². The van der Waals surface area contributed by atoms with E-state index in [4.69, 9.17) is 25.8 Å². The first kappa shape index (κ1) is 27.2. The van der Waals surface area contributed by atoms with Crippen molar-refractivity contribution in [1.29, 1.82) is 0 Å². The predicted octanol–water partition coefficient (Wildman–Crippen LogP) is 4.75. The Labute approximate surface area is 216 Å². The van der Waals surface area contributed by atoms with Crippen molar-refractivity contribution in [1.82, 2.24) is 5.32 Å². The van der Waals surface area contributed by atoms with Gasteiger partial charge in [-0.3, -0.25) is 9.10 Å². The Balaban J connectivity index is 1.95. The molecule has 1 amide bonds. The second-order valence-electron chi connectivity index (χ2n) is 8.04. The summed E-state index contributed by atoms with van der Waals surface area (Å²) in [5, 5.41) is 3.15. The van der Waals surface area contributed by atoms with Crippen LogP contribution in [0.1, 0.15) is 24.1 Å².